The lowest BCUT2D eigenvalue weighted by atomic mass is 10.1. The Bertz CT molecular complexity index is 318. The topological polar surface area (TPSA) is 41.5 Å². The highest BCUT2D eigenvalue weighted by Gasteiger charge is 2.08. The predicted octanol–water partition coefficient (Wildman–Crippen LogP) is 1.95. The third-order valence-corrected chi connectivity index (χ3v) is 2.16. The van der Waals surface area contributed by atoms with Crippen molar-refractivity contribution >= 4 is 0 Å². The van der Waals surface area contributed by atoms with Crippen LogP contribution in [0.25, 0.3) is 0 Å². The number of nitrogens with one attached hydrogen (secondary N) is 1. The highest BCUT2D eigenvalue weighted by Crippen LogP contribution is 2.17. The first kappa shape index (κ1) is 13.0. The quantitative estimate of drug-likeness (QED) is 0.750. The Morgan fingerprint density at radius 1 is 1.25 bits per heavy atom. The first-order chi connectivity index (χ1) is 7.53. The molecule has 0 aliphatic rings. The summed E-state index contributed by atoms with van der Waals surface area (Å²) in [7, 11) is 0. The molecule has 0 aliphatic carbocycles. The number of para-hydroxylation sites is 1. The van der Waals surface area contributed by atoms with Gasteiger partial charge < -0.3 is 15.2 Å². The first-order valence-corrected chi connectivity index (χ1v) is 5.59. The average molecular weight is 223 g/mol. The van der Waals surface area contributed by atoms with Crippen LogP contribution < -0.4 is 10.1 Å². The molecule has 1 aromatic carbocycles. The molecule has 1 rings (SSSR count). The minimum Gasteiger partial charge on any atom is -0.492 e. The van der Waals surface area contributed by atoms with Crippen LogP contribution >= 0.6 is 0 Å². The maximum Gasteiger partial charge on any atom is 0.124 e. The monoisotopic (exact) mass is 223 g/mol. The van der Waals surface area contributed by atoms with Gasteiger partial charge in [-0.2, -0.15) is 0 Å². The summed E-state index contributed by atoms with van der Waals surface area (Å²) in [6, 6.07) is 7.55. The van der Waals surface area contributed by atoms with Crippen LogP contribution in [-0.4, -0.2) is 23.8 Å². The van der Waals surface area contributed by atoms with Crippen LogP contribution in [0.2, 0.25) is 0 Å². The Kier molecular flexibility index (Phi) is 4.77. The van der Waals surface area contributed by atoms with Gasteiger partial charge in [-0.25, -0.2) is 0 Å². The fourth-order valence-electron chi connectivity index (χ4n) is 1.36. The molecular formula is C13H21NO2. The van der Waals surface area contributed by atoms with Gasteiger partial charge in [-0.05, 0) is 26.8 Å². The summed E-state index contributed by atoms with van der Waals surface area (Å²) in [4.78, 5) is 0. The summed E-state index contributed by atoms with van der Waals surface area (Å²) in [6.07, 6.45) is 0. The zero-order valence-electron chi connectivity index (χ0n) is 10.3. The van der Waals surface area contributed by atoms with Crippen molar-refractivity contribution in [1.29, 1.82) is 0 Å². The molecule has 0 radical (unpaired) electrons. The Morgan fingerprint density at radius 3 is 2.56 bits per heavy atom. The third kappa shape index (κ3) is 4.64. The molecule has 0 saturated heterocycles. The molecule has 3 heteroatoms. The van der Waals surface area contributed by atoms with Crippen LogP contribution in [0.1, 0.15) is 26.3 Å². The highest BCUT2D eigenvalue weighted by atomic mass is 16.5. The Balaban J connectivity index is 2.37. The van der Waals surface area contributed by atoms with E-state index in [1.54, 1.807) is 0 Å². The molecule has 0 unspecified atom stereocenters. The molecule has 0 aliphatic heterocycles. The van der Waals surface area contributed by atoms with Gasteiger partial charge in [0.25, 0.3) is 0 Å². The first-order valence-electron chi connectivity index (χ1n) is 5.59. The van der Waals surface area contributed by atoms with Crippen molar-refractivity contribution in [2.75, 3.05) is 13.2 Å². The fraction of sp³-hybridized carbons (Fsp3) is 0.538. The van der Waals surface area contributed by atoms with Gasteiger partial charge in [-0.1, -0.05) is 18.2 Å². The van der Waals surface area contributed by atoms with Gasteiger partial charge in [0.15, 0.2) is 0 Å². The van der Waals surface area contributed by atoms with Crippen molar-refractivity contribution in [2.45, 2.75) is 32.9 Å². The van der Waals surface area contributed by atoms with Crippen molar-refractivity contribution < 1.29 is 9.84 Å². The highest BCUT2D eigenvalue weighted by molar-refractivity contribution is 5.32. The van der Waals surface area contributed by atoms with Gasteiger partial charge in [0, 0.05) is 17.6 Å². The number of hydrogen-bond donors (Lipinski definition) is 2. The van der Waals surface area contributed by atoms with Gasteiger partial charge in [-0.3, -0.25) is 0 Å². The molecule has 0 aromatic heterocycles. The van der Waals surface area contributed by atoms with Gasteiger partial charge in [0.1, 0.15) is 12.4 Å². The van der Waals surface area contributed by atoms with Gasteiger partial charge in [0.05, 0.1) is 6.61 Å². The molecule has 0 spiro atoms. The molecule has 2 N–H and O–H groups in total. The van der Waals surface area contributed by atoms with Gasteiger partial charge >= 0.3 is 0 Å². The van der Waals surface area contributed by atoms with Crippen molar-refractivity contribution in [3.63, 3.8) is 0 Å². The molecule has 16 heavy (non-hydrogen) atoms. The summed E-state index contributed by atoms with van der Waals surface area (Å²) in [5.41, 5.74) is 0.943. The molecule has 3 nitrogen and oxygen atoms in total. The van der Waals surface area contributed by atoms with Crippen LogP contribution in [0.5, 0.6) is 5.75 Å². The molecular weight excluding hydrogens is 202 g/mol. The van der Waals surface area contributed by atoms with E-state index in [1.807, 2.05) is 24.3 Å². The summed E-state index contributed by atoms with van der Waals surface area (Å²) in [5, 5.41) is 12.5. The zero-order valence-corrected chi connectivity index (χ0v) is 10.3. The number of aliphatic hydroxyl groups is 1. The maximum atomic E-state index is 9.11. The van der Waals surface area contributed by atoms with Crippen molar-refractivity contribution in [2.24, 2.45) is 0 Å². The van der Waals surface area contributed by atoms with E-state index >= 15 is 0 Å². The zero-order chi connectivity index (χ0) is 12.0. The SMILES string of the molecule is CC(C)(C)NCCOc1ccccc1CO. The molecule has 0 fully saturated rings. The summed E-state index contributed by atoms with van der Waals surface area (Å²) in [5.74, 6) is 0.765. The van der Waals surface area contributed by atoms with Crippen molar-refractivity contribution in [3.8, 4) is 5.75 Å². The molecule has 90 valence electrons. The van der Waals surface area contributed by atoms with E-state index < -0.39 is 0 Å². The summed E-state index contributed by atoms with van der Waals surface area (Å²) < 4.78 is 5.60. The van der Waals surface area contributed by atoms with E-state index in [4.69, 9.17) is 9.84 Å². The van der Waals surface area contributed by atoms with Crippen molar-refractivity contribution in [1.82, 2.24) is 5.32 Å². The van der Waals surface area contributed by atoms with E-state index in [0.717, 1.165) is 17.9 Å². The van der Waals surface area contributed by atoms with Crippen LogP contribution in [0.3, 0.4) is 0 Å². The predicted molar refractivity (Wildman–Crippen MR) is 65.6 cm³/mol. The summed E-state index contributed by atoms with van der Waals surface area (Å²) in [6.45, 7) is 7.78. The van der Waals surface area contributed by atoms with Gasteiger partial charge in [-0.15, -0.1) is 0 Å². The number of rotatable bonds is 5. The number of ether oxygens (including phenoxy) is 1. The second-order valence-electron chi connectivity index (χ2n) is 4.79. The van der Waals surface area contributed by atoms with Crippen LogP contribution in [-0.2, 0) is 6.61 Å². The lowest BCUT2D eigenvalue weighted by Crippen LogP contribution is -2.38. The molecule has 1 aromatic rings. The van der Waals surface area contributed by atoms with E-state index in [9.17, 15) is 0 Å². The number of hydrogen-bond acceptors (Lipinski definition) is 3. The van der Waals surface area contributed by atoms with E-state index in [0.29, 0.717) is 6.61 Å². The van der Waals surface area contributed by atoms with Crippen molar-refractivity contribution in [3.05, 3.63) is 29.8 Å². The smallest absolute Gasteiger partial charge is 0.124 e. The van der Waals surface area contributed by atoms with E-state index in [1.165, 1.54) is 0 Å². The summed E-state index contributed by atoms with van der Waals surface area (Å²) >= 11 is 0. The standard InChI is InChI=1S/C13H21NO2/c1-13(2,3)14-8-9-16-12-7-5-4-6-11(12)10-15/h4-7,14-15H,8-10H2,1-3H3. The van der Waals surface area contributed by atoms with Crippen LogP contribution in [0, 0.1) is 0 Å². The Morgan fingerprint density at radius 2 is 1.94 bits per heavy atom. The molecule has 0 atom stereocenters. The maximum absolute atomic E-state index is 9.11. The molecule has 0 heterocycles. The minimum absolute atomic E-state index is 0.0167. The second-order valence-corrected chi connectivity index (χ2v) is 4.79. The molecule has 0 bridgehead atoms. The largest absolute Gasteiger partial charge is 0.492 e. The van der Waals surface area contributed by atoms with E-state index in [2.05, 4.69) is 26.1 Å². The lowest BCUT2D eigenvalue weighted by Gasteiger charge is -2.20. The van der Waals surface area contributed by atoms with E-state index in [-0.39, 0.29) is 12.1 Å². The molecule has 0 saturated carbocycles. The fourth-order valence-corrected chi connectivity index (χ4v) is 1.36. The molecule has 0 amide bonds. The number of aliphatic hydroxyl groups excluding tert-OH is 1. The second kappa shape index (κ2) is 5.87. The third-order valence-electron chi connectivity index (χ3n) is 2.16. The average Bonchev–Trinajstić information content (AvgIpc) is 2.23. The van der Waals surface area contributed by atoms with Crippen LogP contribution in [0.4, 0.5) is 0 Å². The number of benzene rings is 1. The Labute approximate surface area is 97.4 Å². The normalized spacial score (nSPS) is 11.5. The minimum atomic E-state index is 0.0167. The lowest BCUT2D eigenvalue weighted by molar-refractivity contribution is 0.257. The Hall–Kier alpha value is -1.06. The van der Waals surface area contributed by atoms with Gasteiger partial charge in [0.2, 0.25) is 0 Å². The van der Waals surface area contributed by atoms with Crippen LogP contribution in [0.15, 0.2) is 24.3 Å².